The molecule has 1 aliphatic rings. The number of hydrogen-bond acceptors (Lipinski definition) is 4. The second-order valence-electron chi connectivity index (χ2n) is 4.10. The Hall–Kier alpha value is -1.82. The summed E-state index contributed by atoms with van der Waals surface area (Å²) in [6.45, 7) is 1.95. The zero-order chi connectivity index (χ0) is 13.9. The molecule has 0 unspecified atom stereocenters. The first kappa shape index (κ1) is 13.6. The van der Waals surface area contributed by atoms with Crippen molar-refractivity contribution in [3.8, 4) is 0 Å². The first-order valence-electron chi connectivity index (χ1n) is 5.99. The molecule has 19 heavy (non-hydrogen) atoms. The number of hydrogen-bond donors (Lipinski definition) is 0. The van der Waals surface area contributed by atoms with Gasteiger partial charge in [0, 0.05) is 12.1 Å². The molecule has 0 spiro atoms. The summed E-state index contributed by atoms with van der Waals surface area (Å²) in [7, 11) is -3.21. The summed E-state index contributed by atoms with van der Waals surface area (Å²) in [6.07, 6.45) is -0.243. The molecule has 0 atom stereocenters. The third kappa shape index (κ3) is 3.14. The van der Waals surface area contributed by atoms with Gasteiger partial charge in [0.25, 0.3) is 0 Å². The SMILES string of the molecule is CCOC(=O)N(C1=CS(=O)(=O)CC1)c1ccccc1. The van der Waals surface area contributed by atoms with Gasteiger partial charge in [-0.2, -0.15) is 0 Å². The summed E-state index contributed by atoms with van der Waals surface area (Å²) in [5, 5.41) is 1.15. The number of rotatable bonds is 3. The minimum atomic E-state index is -3.21. The summed E-state index contributed by atoms with van der Waals surface area (Å²) in [4.78, 5) is 13.3. The second kappa shape index (κ2) is 5.44. The molecule has 0 aromatic heterocycles. The van der Waals surface area contributed by atoms with E-state index in [4.69, 9.17) is 4.74 Å². The van der Waals surface area contributed by atoms with Crippen LogP contribution in [0.3, 0.4) is 0 Å². The molecule has 1 aliphatic heterocycles. The minimum Gasteiger partial charge on any atom is -0.449 e. The highest BCUT2D eigenvalue weighted by Gasteiger charge is 2.28. The van der Waals surface area contributed by atoms with Crippen LogP contribution in [0.25, 0.3) is 0 Å². The Kier molecular flexibility index (Phi) is 3.90. The molecular formula is C13H15NO4S. The lowest BCUT2D eigenvalue weighted by atomic mass is 10.2. The maximum atomic E-state index is 12.0. The number of sulfone groups is 1. The van der Waals surface area contributed by atoms with Gasteiger partial charge in [-0.15, -0.1) is 0 Å². The monoisotopic (exact) mass is 281 g/mol. The Bertz CT molecular complexity index is 592. The fourth-order valence-electron chi connectivity index (χ4n) is 1.89. The van der Waals surface area contributed by atoms with E-state index in [1.807, 2.05) is 6.07 Å². The van der Waals surface area contributed by atoms with E-state index in [-0.39, 0.29) is 12.4 Å². The van der Waals surface area contributed by atoms with Crippen LogP contribution in [0.2, 0.25) is 0 Å². The van der Waals surface area contributed by atoms with Gasteiger partial charge in [0.2, 0.25) is 0 Å². The van der Waals surface area contributed by atoms with Gasteiger partial charge in [0.1, 0.15) is 0 Å². The van der Waals surface area contributed by atoms with E-state index in [2.05, 4.69) is 0 Å². The van der Waals surface area contributed by atoms with Crippen molar-refractivity contribution in [3.63, 3.8) is 0 Å². The highest BCUT2D eigenvalue weighted by molar-refractivity contribution is 7.94. The van der Waals surface area contributed by atoms with E-state index in [9.17, 15) is 13.2 Å². The van der Waals surface area contributed by atoms with Crippen LogP contribution in [-0.4, -0.2) is 26.9 Å². The molecule has 0 radical (unpaired) electrons. The van der Waals surface area contributed by atoms with Crippen LogP contribution >= 0.6 is 0 Å². The Morgan fingerprint density at radius 3 is 2.53 bits per heavy atom. The molecule has 0 fully saturated rings. The molecule has 6 heteroatoms. The molecule has 0 saturated carbocycles. The summed E-state index contributed by atoms with van der Waals surface area (Å²) in [5.41, 5.74) is 1.05. The van der Waals surface area contributed by atoms with E-state index in [1.165, 1.54) is 4.90 Å². The van der Waals surface area contributed by atoms with Gasteiger partial charge in [-0.25, -0.2) is 18.1 Å². The molecule has 1 heterocycles. The molecule has 0 saturated heterocycles. The first-order chi connectivity index (χ1) is 9.03. The summed E-state index contributed by atoms with van der Waals surface area (Å²) in [5.74, 6) is 0.0328. The van der Waals surface area contributed by atoms with Gasteiger partial charge in [0.05, 0.1) is 23.5 Å². The summed E-state index contributed by atoms with van der Waals surface area (Å²) < 4.78 is 28.0. The van der Waals surface area contributed by atoms with Crippen LogP contribution in [0.1, 0.15) is 13.3 Å². The number of carbonyl (C=O) groups is 1. The van der Waals surface area contributed by atoms with Gasteiger partial charge < -0.3 is 4.74 Å². The van der Waals surface area contributed by atoms with Crippen molar-refractivity contribution in [2.75, 3.05) is 17.3 Å². The van der Waals surface area contributed by atoms with Crippen molar-refractivity contribution >= 4 is 21.6 Å². The Morgan fingerprint density at radius 1 is 1.32 bits per heavy atom. The molecule has 0 bridgehead atoms. The minimum absolute atomic E-state index is 0.0328. The van der Waals surface area contributed by atoms with Crippen molar-refractivity contribution in [1.29, 1.82) is 0 Å². The van der Waals surface area contributed by atoms with Crippen LogP contribution in [0.5, 0.6) is 0 Å². The van der Waals surface area contributed by atoms with Crippen molar-refractivity contribution in [1.82, 2.24) is 0 Å². The number of carbonyl (C=O) groups excluding carboxylic acids is 1. The average molecular weight is 281 g/mol. The molecule has 102 valence electrons. The standard InChI is InChI=1S/C13H15NO4S/c1-2-18-13(15)14(11-6-4-3-5-7-11)12-8-9-19(16,17)10-12/h3-7,10H,2,8-9H2,1H3. The maximum absolute atomic E-state index is 12.0. The average Bonchev–Trinajstić information content (AvgIpc) is 2.71. The lowest BCUT2D eigenvalue weighted by molar-refractivity contribution is 0.161. The number of amides is 1. The molecule has 1 aromatic carbocycles. The van der Waals surface area contributed by atoms with Crippen LogP contribution in [-0.2, 0) is 14.6 Å². The van der Waals surface area contributed by atoms with Crippen LogP contribution in [0.4, 0.5) is 10.5 Å². The Labute approximate surface area is 112 Å². The van der Waals surface area contributed by atoms with Crippen molar-refractivity contribution in [2.45, 2.75) is 13.3 Å². The molecule has 2 rings (SSSR count). The Morgan fingerprint density at radius 2 is 2.00 bits per heavy atom. The predicted molar refractivity (Wildman–Crippen MR) is 72.4 cm³/mol. The summed E-state index contributed by atoms with van der Waals surface area (Å²) in [6, 6.07) is 8.87. The van der Waals surface area contributed by atoms with E-state index in [0.717, 1.165) is 5.41 Å². The number of para-hydroxylation sites is 1. The van der Waals surface area contributed by atoms with Gasteiger partial charge in [-0.05, 0) is 19.1 Å². The van der Waals surface area contributed by atoms with Gasteiger partial charge in [-0.1, -0.05) is 18.2 Å². The molecular weight excluding hydrogens is 266 g/mol. The fourth-order valence-corrected chi connectivity index (χ4v) is 3.14. The smallest absolute Gasteiger partial charge is 0.418 e. The molecule has 1 aromatic rings. The zero-order valence-electron chi connectivity index (χ0n) is 10.6. The van der Waals surface area contributed by atoms with Crippen molar-refractivity contribution < 1.29 is 17.9 Å². The number of nitrogens with zero attached hydrogens (tertiary/aromatic N) is 1. The third-order valence-corrected chi connectivity index (χ3v) is 4.11. The van der Waals surface area contributed by atoms with E-state index < -0.39 is 15.9 Å². The largest absolute Gasteiger partial charge is 0.449 e. The molecule has 1 amide bonds. The fraction of sp³-hybridized carbons (Fsp3) is 0.308. The summed E-state index contributed by atoms with van der Waals surface area (Å²) >= 11 is 0. The quantitative estimate of drug-likeness (QED) is 0.853. The number of allylic oxidation sites excluding steroid dienone is 1. The lowest BCUT2D eigenvalue weighted by Gasteiger charge is -2.22. The maximum Gasteiger partial charge on any atom is 0.418 e. The van der Waals surface area contributed by atoms with Crippen LogP contribution in [0.15, 0.2) is 41.4 Å². The van der Waals surface area contributed by atoms with Crippen molar-refractivity contribution in [2.24, 2.45) is 0 Å². The molecule has 0 aliphatic carbocycles. The third-order valence-electron chi connectivity index (χ3n) is 2.71. The number of ether oxygens (including phenoxy) is 1. The van der Waals surface area contributed by atoms with E-state index in [1.54, 1.807) is 31.2 Å². The zero-order valence-corrected chi connectivity index (χ0v) is 11.4. The lowest BCUT2D eigenvalue weighted by Crippen LogP contribution is -2.30. The van der Waals surface area contributed by atoms with Gasteiger partial charge in [-0.3, -0.25) is 0 Å². The highest BCUT2D eigenvalue weighted by atomic mass is 32.2. The number of benzene rings is 1. The van der Waals surface area contributed by atoms with E-state index in [0.29, 0.717) is 17.8 Å². The normalized spacial score (nSPS) is 16.8. The van der Waals surface area contributed by atoms with Crippen LogP contribution < -0.4 is 4.90 Å². The Balaban J connectivity index is 2.39. The molecule has 0 N–H and O–H groups in total. The van der Waals surface area contributed by atoms with E-state index >= 15 is 0 Å². The van der Waals surface area contributed by atoms with Crippen molar-refractivity contribution in [3.05, 3.63) is 41.4 Å². The van der Waals surface area contributed by atoms with Gasteiger partial charge in [0.15, 0.2) is 9.84 Å². The second-order valence-corrected chi connectivity index (χ2v) is 6.07. The highest BCUT2D eigenvalue weighted by Crippen LogP contribution is 2.27. The predicted octanol–water partition coefficient (Wildman–Crippen LogP) is 2.31. The van der Waals surface area contributed by atoms with Gasteiger partial charge >= 0.3 is 6.09 Å². The molecule has 5 nitrogen and oxygen atoms in total. The topological polar surface area (TPSA) is 63.7 Å². The first-order valence-corrected chi connectivity index (χ1v) is 7.70. The van der Waals surface area contributed by atoms with Crippen LogP contribution in [0, 0.1) is 0 Å². The number of anilines is 1.